The first-order chi connectivity index (χ1) is 12.2. The maximum Gasteiger partial charge on any atom is 0.239 e. The summed E-state index contributed by atoms with van der Waals surface area (Å²) in [7, 11) is 0. The molecule has 9 heteroatoms. The average molecular weight is 405 g/mol. The van der Waals surface area contributed by atoms with E-state index >= 15 is 0 Å². The lowest BCUT2D eigenvalue weighted by Crippen LogP contribution is -2.23. The van der Waals surface area contributed by atoms with Gasteiger partial charge in [0.2, 0.25) is 5.95 Å². The molecule has 0 saturated carbocycles. The Kier molecular flexibility index (Phi) is 4.20. The summed E-state index contributed by atoms with van der Waals surface area (Å²) in [6.07, 6.45) is 2.64. The van der Waals surface area contributed by atoms with Gasteiger partial charge in [-0.3, -0.25) is 10.4 Å². The second-order valence-corrected chi connectivity index (χ2v) is 6.33. The lowest BCUT2D eigenvalue weighted by molar-refractivity contribution is 0.133. The molecule has 0 amide bonds. The summed E-state index contributed by atoms with van der Waals surface area (Å²) in [5, 5.41) is 0.293. The standard InChI is InChI=1S/C16H14BrFN6O/c17-10-2-1-3-13-9(10)8-25-5-4-24(13)15-14-11(18)6-20-7-12(14)21-16(22-15)23-19/h1-3,6-7H,4-5,8,19H2,(H,21,22,23). The Hall–Kier alpha value is -2.36. The number of benzene rings is 1. The van der Waals surface area contributed by atoms with Crippen LogP contribution in [0, 0.1) is 5.82 Å². The van der Waals surface area contributed by atoms with Gasteiger partial charge in [-0.2, -0.15) is 4.98 Å². The van der Waals surface area contributed by atoms with Gasteiger partial charge < -0.3 is 9.64 Å². The van der Waals surface area contributed by atoms with Crippen molar-refractivity contribution in [1.29, 1.82) is 0 Å². The van der Waals surface area contributed by atoms with E-state index in [1.165, 1.54) is 6.20 Å². The summed E-state index contributed by atoms with van der Waals surface area (Å²) in [6.45, 7) is 1.45. The first-order valence-corrected chi connectivity index (χ1v) is 8.39. The zero-order chi connectivity index (χ0) is 17.4. The first-order valence-electron chi connectivity index (χ1n) is 7.59. The van der Waals surface area contributed by atoms with Crippen molar-refractivity contribution in [2.24, 2.45) is 5.84 Å². The van der Waals surface area contributed by atoms with Gasteiger partial charge in [-0.25, -0.2) is 15.2 Å². The second kappa shape index (κ2) is 6.51. The van der Waals surface area contributed by atoms with Crippen LogP contribution in [-0.4, -0.2) is 28.1 Å². The summed E-state index contributed by atoms with van der Waals surface area (Å²) in [6, 6.07) is 5.82. The number of hydrogen-bond acceptors (Lipinski definition) is 7. The minimum atomic E-state index is -0.488. The monoisotopic (exact) mass is 404 g/mol. The van der Waals surface area contributed by atoms with E-state index in [0.29, 0.717) is 36.5 Å². The predicted molar refractivity (Wildman–Crippen MR) is 95.9 cm³/mol. The molecule has 1 aliphatic heterocycles. The average Bonchev–Trinajstić information content (AvgIpc) is 2.84. The molecule has 0 spiro atoms. The summed E-state index contributed by atoms with van der Waals surface area (Å²) in [4.78, 5) is 14.4. The molecule has 25 heavy (non-hydrogen) atoms. The van der Waals surface area contributed by atoms with Crippen molar-refractivity contribution in [2.45, 2.75) is 6.61 Å². The maximum atomic E-state index is 14.5. The number of nitrogens with zero attached hydrogens (tertiary/aromatic N) is 4. The van der Waals surface area contributed by atoms with Gasteiger partial charge in [-0.05, 0) is 12.1 Å². The Morgan fingerprint density at radius 1 is 1.28 bits per heavy atom. The number of rotatable bonds is 2. The molecule has 0 fully saturated rings. The molecule has 0 aliphatic carbocycles. The van der Waals surface area contributed by atoms with Crippen LogP contribution >= 0.6 is 15.9 Å². The Morgan fingerprint density at radius 3 is 3.00 bits per heavy atom. The van der Waals surface area contributed by atoms with E-state index in [0.717, 1.165) is 21.9 Å². The van der Waals surface area contributed by atoms with Crippen LogP contribution in [0.25, 0.3) is 10.9 Å². The van der Waals surface area contributed by atoms with E-state index in [9.17, 15) is 4.39 Å². The highest BCUT2D eigenvalue weighted by Gasteiger charge is 2.24. The van der Waals surface area contributed by atoms with Crippen LogP contribution in [-0.2, 0) is 11.3 Å². The van der Waals surface area contributed by atoms with Crippen molar-refractivity contribution in [2.75, 3.05) is 23.5 Å². The van der Waals surface area contributed by atoms with E-state index in [1.807, 2.05) is 23.1 Å². The summed E-state index contributed by atoms with van der Waals surface area (Å²) in [5.41, 5.74) is 4.67. The number of nitrogens with two attached hydrogens (primary N) is 1. The van der Waals surface area contributed by atoms with Crippen molar-refractivity contribution >= 4 is 44.3 Å². The van der Waals surface area contributed by atoms with Crippen LogP contribution in [0.15, 0.2) is 35.1 Å². The molecular weight excluding hydrogens is 391 g/mol. The summed E-state index contributed by atoms with van der Waals surface area (Å²) < 4.78 is 21.1. The van der Waals surface area contributed by atoms with Gasteiger partial charge in [0, 0.05) is 22.3 Å². The van der Waals surface area contributed by atoms with Crippen LogP contribution in [0.4, 0.5) is 21.8 Å². The SMILES string of the molecule is NNc1nc(N2CCOCc3c(Br)cccc32)c2c(F)cncc2n1. The van der Waals surface area contributed by atoms with Gasteiger partial charge in [0.1, 0.15) is 5.82 Å². The number of hydrazine groups is 1. The molecule has 3 aromatic rings. The van der Waals surface area contributed by atoms with E-state index in [2.05, 4.69) is 36.3 Å². The fourth-order valence-corrected chi connectivity index (χ4v) is 3.37. The van der Waals surface area contributed by atoms with Crippen molar-refractivity contribution in [1.82, 2.24) is 15.0 Å². The van der Waals surface area contributed by atoms with Crippen LogP contribution in [0.2, 0.25) is 0 Å². The molecule has 4 rings (SSSR count). The van der Waals surface area contributed by atoms with Crippen molar-refractivity contribution in [3.05, 3.63) is 46.4 Å². The van der Waals surface area contributed by atoms with Gasteiger partial charge >= 0.3 is 0 Å². The van der Waals surface area contributed by atoms with Crippen molar-refractivity contribution in [3.63, 3.8) is 0 Å². The molecule has 1 aromatic carbocycles. The molecule has 2 aromatic heterocycles. The molecule has 0 bridgehead atoms. The molecule has 3 N–H and O–H groups in total. The number of ether oxygens (including phenoxy) is 1. The molecule has 3 heterocycles. The topological polar surface area (TPSA) is 89.2 Å². The highest BCUT2D eigenvalue weighted by molar-refractivity contribution is 9.10. The zero-order valence-corrected chi connectivity index (χ0v) is 14.6. The predicted octanol–water partition coefficient (Wildman–Crippen LogP) is 2.88. The highest BCUT2D eigenvalue weighted by atomic mass is 79.9. The van der Waals surface area contributed by atoms with Crippen LogP contribution in [0.3, 0.4) is 0 Å². The maximum absolute atomic E-state index is 14.5. The number of aromatic nitrogens is 3. The van der Waals surface area contributed by atoms with E-state index in [4.69, 9.17) is 10.6 Å². The third-order valence-electron chi connectivity index (χ3n) is 4.02. The van der Waals surface area contributed by atoms with Crippen molar-refractivity contribution < 1.29 is 9.13 Å². The summed E-state index contributed by atoms with van der Waals surface area (Å²) in [5.74, 6) is 5.61. The smallest absolute Gasteiger partial charge is 0.239 e. The highest BCUT2D eigenvalue weighted by Crippen LogP contribution is 2.37. The Morgan fingerprint density at radius 2 is 2.16 bits per heavy atom. The van der Waals surface area contributed by atoms with Gasteiger partial charge in [-0.1, -0.05) is 22.0 Å². The number of nitrogens with one attached hydrogen (secondary N) is 1. The fourth-order valence-electron chi connectivity index (χ4n) is 2.90. The van der Waals surface area contributed by atoms with Gasteiger partial charge in [-0.15, -0.1) is 0 Å². The van der Waals surface area contributed by atoms with Crippen LogP contribution in [0.1, 0.15) is 5.56 Å². The van der Waals surface area contributed by atoms with Crippen LogP contribution in [0.5, 0.6) is 0 Å². The van der Waals surface area contributed by atoms with Crippen molar-refractivity contribution in [3.8, 4) is 0 Å². The number of fused-ring (bicyclic) bond motifs is 2. The molecule has 128 valence electrons. The van der Waals surface area contributed by atoms with E-state index in [1.54, 1.807) is 0 Å². The third kappa shape index (κ3) is 2.80. The number of hydrogen-bond donors (Lipinski definition) is 2. The number of nitrogen functional groups attached to an aromatic ring is 1. The third-order valence-corrected chi connectivity index (χ3v) is 4.76. The second-order valence-electron chi connectivity index (χ2n) is 5.47. The van der Waals surface area contributed by atoms with Gasteiger partial charge in [0.25, 0.3) is 0 Å². The minimum Gasteiger partial charge on any atom is -0.375 e. The van der Waals surface area contributed by atoms with Gasteiger partial charge in [0.15, 0.2) is 5.82 Å². The number of anilines is 3. The lowest BCUT2D eigenvalue weighted by atomic mass is 10.1. The molecule has 1 aliphatic rings. The molecule has 0 radical (unpaired) electrons. The Labute approximate surface area is 151 Å². The molecule has 0 unspecified atom stereocenters. The molecule has 0 saturated heterocycles. The fraction of sp³-hybridized carbons (Fsp3) is 0.188. The number of pyridine rings is 1. The van der Waals surface area contributed by atoms with E-state index < -0.39 is 5.82 Å². The van der Waals surface area contributed by atoms with Crippen LogP contribution < -0.4 is 16.2 Å². The lowest BCUT2D eigenvalue weighted by Gasteiger charge is -2.25. The molecule has 7 nitrogen and oxygen atoms in total. The number of halogens is 2. The quantitative estimate of drug-likeness (QED) is 0.501. The normalized spacial score (nSPS) is 14.3. The zero-order valence-electron chi connectivity index (χ0n) is 13.0. The minimum absolute atomic E-state index is 0.191. The molecule has 0 atom stereocenters. The largest absolute Gasteiger partial charge is 0.375 e. The first kappa shape index (κ1) is 16.1. The Balaban J connectivity index is 2.00. The molecular formula is C16H14BrFN6O. The Bertz CT molecular complexity index is 953. The van der Waals surface area contributed by atoms with E-state index in [-0.39, 0.29) is 5.95 Å². The summed E-state index contributed by atoms with van der Waals surface area (Å²) >= 11 is 3.55. The van der Waals surface area contributed by atoms with Gasteiger partial charge in [0.05, 0.1) is 36.5 Å².